The van der Waals surface area contributed by atoms with E-state index in [1.54, 1.807) is 0 Å². The lowest BCUT2D eigenvalue weighted by atomic mass is 10.1. The molecule has 1 aromatic rings. The fourth-order valence-corrected chi connectivity index (χ4v) is 1.77. The summed E-state index contributed by atoms with van der Waals surface area (Å²) in [5.74, 6) is 1.41. The van der Waals surface area contributed by atoms with Crippen molar-refractivity contribution >= 4 is 12.4 Å². The normalized spacial score (nSPS) is 17.4. The van der Waals surface area contributed by atoms with Gasteiger partial charge < -0.3 is 9.84 Å². The zero-order chi connectivity index (χ0) is 10.7. The van der Waals surface area contributed by atoms with Crippen LogP contribution >= 0.6 is 12.4 Å². The van der Waals surface area contributed by atoms with Crippen LogP contribution in [0.25, 0.3) is 0 Å². The van der Waals surface area contributed by atoms with Crippen LogP contribution in [0.3, 0.4) is 0 Å². The van der Waals surface area contributed by atoms with Crippen molar-refractivity contribution in [2.45, 2.75) is 26.3 Å². The molecule has 1 saturated heterocycles. The van der Waals surface area contributed by atoms with Crippen molar-refractivity contribution in [2.24, 2.45) is 0 Å². The topological polar surface area (TPSA) is 41.3 Å². The summed E-state index contributed by atoms with van der Waals surface area (Å²) >= 11 is 0. The molecule has 1 aliphatic rings. The van der Waals surface area contributed by atoms with Crippen LogP contribution in [0.15, 0.2) is 10.6 Å². The summed E-state index contributed by atoms with van der Waals surface area (Å²) < 4.78 is 5.28. The van der Waals surface area contributed by atoms with Crippen LogP contribution in [0.5, 0.6) is 0 Å². The lowest BCUT2D eigenvalue weighted by Crippen LogP contribution is -2.42. The lowest BCUT2D eigenvalue weighted by Gasteiger charge is -2.25. The average molecular weight is 246 g/mol. The summed E-state index contributed by atoms with van der Waals surface area (Å²) in [6.07, 6.45) is 0. The number of nitrogens with one attached hydrogen (secondary N) is 1. The van der Waals surface area contributed by atoms with Crippen LogP contribution in [0.2, 0.25) is 0 Å². The molecule has 0 unspecified atom stereocenters. The van der Waals surface area contributed by atoms with Crippen LogP contribution in [-0.4, -0.2) is 36.2 Å². The van der Waals surface area contributed by atoms with Gasteiger partial charge in [-0.2, -0.15) is 0 Å². The van der Waals surface area contributed by atoms with Gasteiger partial charge in [-0.15, -0.1) is 12.4 Å². The zero-order valence-corrected chi connectivity index (χ0v) is 10.7. The summed E-state index contributed by atoms with van der Waals surface area (Å²) in [4.78, 5) is 2.40. The Bertz CT molecular complexity index is 308. The molecule has 1 aromatic heterocycles. The fourth-order valence-electron chi connectivity index (χ4n) is 1.77. The van der Waals surface area contributed by atoms with Crippen molar-refractivity contribution in [2.75, 3.05) is 26.2 Å². The van der Waals surface area contributed by atoms with Gasteiger partial charge in [0.1, 0.15) is 5.76 Å². The van der Waals surface area contributed by atoms with Gasteiger partial charge in [-0.05, 0) is 0 Å². The summed E-state index contributed by atoms with van der Waals surface area (Å²) in [5, 5.41) is 7.43. The second-order valence-electron chi connectivity index (χ2n) is 4.40. The summed E-state index contributed by atoms with van der Waals surface area (Å²) in [7, 11) is 0. The van der Waals surface area contributed by atoms with E-state index in [0.29, 0.717) is 5.92 Å². The Morgan fingerprint density at radius 3 is 2.69 bits per heavy atom. The summed E-state index contributed by atoms with van der Waals surface area (Å²) in [5.41, 5.74) is 1.06. The third-order valence-electron chi connectivity index (χ3n) is 2.74. The minimum atomic E-state index is 0. The van der Waals surface area contributed by atoms with Crippen LogP contribution in [0, 0.1) is 0 Å². The van der Waals surface area contributed by atoms with E-state index >= 15 is 0 Å². The molecule has 1 fully saturated rings. The Morgan fingerprint density at radius 1 is 1.44 bits per heavy atom. The van der Waals surface area contributed by atoms with Crippen molar-refractivity contribution in [3.05, 3.63) is 17.5 Å². The Balaban J connectivity index is 0.00000128. The number of piperazine rings is 1. The molecule has 1 aliphatic heterocycles. The number of hydrogen-bond acceptors (Lipinski definition) is 4. The maximum Gasteiger partial charge on any atom is 0.139 e. The first-order valence-corrected chi connectivity index (χ1v) is 5.64. The summed E-state index contributed by atoms with van der Waals surface area (Å²) in [6, 6.07) is 2.08. The monoisotopic (exact) mass is 245 g/mol. The molecule has 1 N–H and O–H groups in total. The van der Waals surface area contributed by atoms with E-state index in [-0.39, 0.29) is 12.4 Å². The molecule has 2 rings (SSSR count). The molecule has 5 heteroatoms. The number of rotatable bonds is 3. The first-order chi connectivity index (χ1) is 7.25. The average Bonchev–Trinajstić information content (AvgIpc) is 2.68. The Hall–Kier alpha value is -0.580. The van der Waals surface area contributed by atoms with Gasteiger partial charge in [-0.1, -0.05) is 19.0 Å². The number of halogens is 1. The third kappa shape index (κ3) is 3.47. The molecule has 92 valence electrons. The SMILES string of the molecule is CC(C)c1cc(CN2CCNCC2)no1.Cl. The molecule has 0 atom stereocenters. The molecule has 2 heterocycles. The van der Waals surface area contributed by atoms with Crippen LogP contribution in [0.4, 0.5) is 0 Å². The molecule has 0 amide bonds. The molecule has 0 aliphatic carbocycles. The molecular formula is C11H20ClN3O. The number of nitrogens with zero attached hydrogens (tertiary/aromatic N) is 2. The molecule has 0 bridgehead atoms. The highest BCUT2D eigenvalue weighted by atomic mass is 35.5. The van der Waals surface area contributed by atoms with Crippen molar-refractivity contribution in [3.8, 4) is 0 Å². The fraction of sp³-hybridized carbons (Fsp3) is 0.727. The van der Waals surface area contributed by atoms with Gasteiger partial charge in [0.15, 0.2) is 0 Å². The maximum absolute atomic E-state index is 5.28. The zero-order valence-electron chi connectivity index (χ0n) is 9.90. The standard InChI is InChI=1S/C11H19N3O.ClH/c1-9(2)11-7-10(13-15-11)8-14-5-3-12-4-6-14;/h7,9,12H,3-6,8H2,1-2H3;1H. The minimum Gasteiger partial charge on any atom is -0.361 e. The highest BCUT2D eigenvalue weighted by Gasteiger charge is 2.13. The van der Waals surface area contributed by atoms with Gasteiger partial charge in [-0.3, -0.25) is 4.90 Å². The van der Waals surface area contributed by atoms with Gasteiger partial charge in [0, 0.05) is 44.7 Å². The predicted molar refractivity (Wildman–Crippen MR) is 66.0 cm³/mol. The largest absolute Gasteiger partial charge is 0.361 e. The van der Waals surface area contributed by atoms with E-state index < -0.39 is 0 Å². The second-order valence-corrected chi connectivity index (χ2v) is 4.40. The Morgan fingerprint density at radius 2 is 2.12 bits per heavy atom. The molecule has 0 aromatic carbocycles. The molecule has 0 saturated carbocycles. The van der Waals surface area contributed by atoms with Crippen LogP contribution in [0.1, 0.15) is 31.2 Å². The molecule has 0 radical (unpaired) electrons. The third-order valence-corrected chi connectivity index (χ3v) is 2.74. The number of aromatic nitrogens is 1. The van der Waals surface area contributed by atoms with E-state index in [9.17, 15) is 0 Å². The quantitative estimate of drug-likeness (QED) is 0.879. The first-order valence-electron chi connectivity index (χ1n) is 5.64. The van der Waals surface area contributed by atoms with Gasteiger partial charge in [0.2, 0.25) is 0 Å². The molecular weight excluding hydrogens is 226 g/mol. The van der Waals surface area contributed by atoms with Crippen molar-refractivity contribution in [3.63, 3.8) is 0 Å². The van der Waals surface area contributed by atoms with E-state index in [1.807, 2.05) is 0 Å². The van der Waals surface area contributed by atoms with Crippen LogP contribution < -0.4 is 5.32 Å². The van der Waals surface area contributed by atoms with Gasteiger partial charge in [-0.25, -0.2) is 0 Å². The lowest BCUT2D eigenvalue weighted by molar-refractivity contribution is 0.226. The molecule has 16 heavy (non-hydrogen) atoms. The smallest absolute Gasteiger partial charge is 0.139 e. The van der Waals surface area contributed by atoms with E-state index in [2.05, 4.69) is 35.3 Å². The van der Waals surface area contributed by atoms with Crippen molar-refractivity contribution in [1.29, 1.82) is 0 Å². The molecule has 0 spiro atoms. The highest BCUT2D eigenvalue weighted by molar-refractivity contribution is 5.85. The second kappa shape index (κ2) is 6.23. The Labute approximate surface area is 103 Å². The number of hydrogen-bond donors (Lipinski definition) is 1. The summed E-state index contributed by atoms with van der Waals surface area (Å²) in [6.45, 7) is 9.51. The highest BCUT2D eigenvalue weighted by Crippen LogP contribution is 2.16. The van der Waals surface area contributed by atoms with E-state index in [0.717, 1.165) is 44.2 Å². The Kier molecular flexibility index (Phi) is 5.25. The van der Waals surface area contributed by atoms with E-state index in [1.165, 1.54) is 0 Å². The van der Waals surface area contributed by atoms with Gasteiger partial charge in [0.25, 0.3) is 0 Å². The van der Waals surface area contributed by atoms with Crippen molar-refractivity contribution < 1.29 is 4.52 Å². The van der Waals surface area contributed by atoms with Crippen molar-refractivity contribution in [1.82, 2.24) is 15.4 Å². The van der Waals surface area contributed by atoms with Crippen LogP contribution in [-0.2, 0) is 6.54 Å². The van der Waals surface area contributed by atoms with E-state index in [4.69, 9.17) is 4.52 Å². The maximum atomic E-state index is 5.28. The first kappa shape index (κ1) is 13.5. The van der Waals surface area contributed by atoms with Gasteiger partial charge >= 0.3 is 0 Å². The predicted octanol–water partition coefficient (Wildman–Crippen LogP) is 1.62. The minimum absolute atomic E-state index is 0. The van der Waals surface area contributed by atoms with Gasteiger partial charge in [0.05, 0.1) is 5.69 Å². The molecule has 4 nitrogen and oxygen atoms in total.